The van der Waals surface area contributed by atoms with Crippen LogP contribution >= 0.6 is 0 Å². The fourth-order valence-electron chi connectivity index (χ4n) is 2.13. The zero-order chi connectivity index (χ0) is 14.5. The van der Waals surface area contributed by atoms with Gasteiger partial charge in [-0.05, 0) is 32.0 Å². The van der Waals surface area contributed by atoms with Crippen molar-refractivity contribution in [1.29, 1.82) is 0 Å². The van der Waals surface area contributed by atoms with Crippen LogP contribution in [0.2, 0.25) is 0 Å². The Balaban J connectivity index is 3.15. The normalized spacial score (nSPS) is 15.3. The van der Waals surface area contributed by atoms with Crippen molar-refractivity contribution in [3.63, 3.8) is 0 Å². The van der Waals surface area contributed by atoms with Crippen molar-refractivity contribution in [1.82, 2.24) is 5.32 Å². The molecule has 19 heavy (non-hydrogen) atoms. The molecule has 0 bridgehead atoms. The molecule has 0 saturated carbocycles. The lowest BCUT2D eigenvalue weighted by Crippen LogP contribution is -2.33. The largest absolute Gasteiger partial charge is 0.416 e. The van der Waals surface area contributed by atoms with Gasteiger partial charge in [0.25, 0.3) is 0 Å². The molecule has 0 aliphatic heterocycles. The van der Waals surface area contributed by atoms with E-state index in [-0.39, 0.29) is 11.7 Å². The van der Waals surface area contributed by atoms with Crippen LogP contribution in [-0.2, 0) is 10.9 Å². The number of alkyl halides is 3. The third-order valence-electron chi connectivity index (χ3n) is 2.92. The SMILES string of the molecule is CCNC(c1ccccc1C(F)(F)F)C(C)OCC. The molecule has 0 aromatic heterocycles. The molecule has 2 atom stereocenters. The highest BCUT2D eigenvalue weighted by molar-refractivity contribution is 5.33. The Kier molecular flexibility index (Phi) is 5.82. The molecule has 2 unspecified atom stereocenters. The van der Waals surface area contributed by atoms with E-state index in [1.165, 1.54) is 12.1 Å². The first-order valence-electron chi connectivity index (χ1n) is 6.42. The van der Waals surface area contributed by atoms with Crippen LogP contribution in [0.1, 0.15) is 37.9 Å². The number of rotatable bonds is 6. The van der Waals surface area contributed by atoms with E-state index in [1.54, 1.807) is 13.0 Å². The Morgan fingerprint density at radius 2 is 1.84 bits per heavy atom. The number of likely N-dealkylation sites (N-methyl/N-ethyl adjacent to an activating group) is 1. The van der Waals surface area contributed by atoms with Crippen molar-refractivity contribution >= 4 is 0 Å². The van der Waals surface area contributed by atoms with Crippen LogP contribution in [0.25, 0.3) is 0 Å². The first-order chi connectivity index (χ1) is 8.91. The standard InChI is InChI=1S/C14H20F3NO/c1-4-18-13(10(3)19-5-2)11-8-6-7-9-12(11)14(15,16)17/h6-10,13,18H,4-5H2,1-3H3. The fourth-order valence-corrected chi connectivity index (χ4v) is 2.13. The molecular formula is C14H20F3NO. The quantitative estimate of drug-likeness (QED) is 0.853. The third-order valence-corrected chi connectivity index (χ3v) is 2.92. The maximum Gasteiger partial charge on any atom is 0.416 e. The Morgan fingerprint density at radius 1 is 1.21 bits per heavy atom. The van der Waals surface area contributed by atoms with Gasteiger partial charge < -0.3 is 10.1 Å². The van der Waals surface area contributed by atoms with Gasteiger partial charge in [-0.2, -0.15) is 13.2 Å². The minimum Gasteiger partial charge on any atom is -0.377 e. The molecule has 1 rings (SSSR count). The second-order valence-electron chi connectivity index (χ2n) is 4.28. The fraction of sp³-hybridized carbons (Fsp3) is 0.571. The zero-order valence-electron chi connectivity index (χ0n) is 11.4. The summed E-state index contributed by atoms with van der Waals surface area (Å²) in [6.07, 6.45) is -4.68. The highest BCUT2D eigenvalue weighted by Crippen LogP contribution is 2.35. The number of halogens is 3. The Morgan fingerprint density at radius 3 is 2.37 bits per heavy atom. The minimum absolute atomic E-state index is 0.234. The van der Waals surface area contributed by atoms with Crippen molar-refractivity contribution in [2.24, 2.45) is 0 Å². The van der Waals surface area contributed by atoms with E-state index < -0.39 is 17.8 Å². The predicted octanol–water partition coefficient (Wildman–Crippen LogP) is 3.78. The molecule has 1 N–H and O–H groups in total. The molecule has 0 aliphatic rings. The molecule has 0 heterocycles. The molecule has 0 radical (unpaired) electrons. The summed E-state index contributed by atoms with van der Waals surface area (Å²) in [4.78, 5) is 0. The minimum atomic E-state index is -4.35. The van der Waals surface area contributed by atoms with Gasteiger partial charge in [0.2, 0.25) is 0 Å². The number of benzene rings is 1. The Labute approximate surface area is 112 Å². The summed E-state index contributed by atoms with van der Waals surface area (Å²) < 4.78 is 44.5. The first kappa shape index (κ1) is 16.0. The van der Waals surface area contributed by atoms with Crippen LogP contribution in [0.3, 0.4) is 0 Å². The van der Waals surface area contributed by atoms with Gasteiger partial charge >= 0.3 is 6.18 Å². The van der Waals surface area contributed by atoms with E-state index in [4.69, 9.17) is 4.74 Å². The van der Waals surface area contributed by atoms with Crippen molar-refractivity contribution in [2.45, 2.75) is 39.1 Å². The molecule has 0 spiro atoms. The number of hydrogen-bond acceptors (Lipinski definition) is 2. The maximum absolute atomic E-state index is 13.0. The number of hydrogen-bond donors (Lipinski definition) is 1. The lowest BCUT2D eigenvalue weighted by molar-refractivity contribution is -0.138. The Bertz CT molecular complexity index is 393. The van der Waals surface area contributed by atoms with Crippen LogP contribution in [0.15, 0.2) is 24.3 Å². The number of ether oxygens (including phenoxy) is 1. The van der Waals surface area contributed by atoms with Gasteiger partial charge in [-0.25, -0.2) is 0 Å². The van der Waals surface area contributed by atoms with Crippen LogP contribution in [0, 0.1) is 0 Å². The highest BCUT2D eigenvalue weighted by atomic mass is 19.4. The monoisotopic (exact) mass is 275 g/mol. The van der Waals surface area contributed by atoms with Crippen molar-refractivity contribution in [3.05, 3.63) is 35.4 Å². The zero-order valence-corrected chi connectivity index (χ0v) is 11.4. The molecule has 5 heteroatoms. The van der Waals surface area contributed by atoms with Crippen LogP contribution in [0.4, 0.5) is 13.2 Å². The smallest absolute Gasteiger partial charge is 0.377 e. The van der Waals surface area contributed by atoms with Gasteiger partial charge in [-0.1, -0.05) is 25.1 Å². The van der Waals surface area contributed by atoms with Gasteiger partial charge in [-0.3, -0.25) is 0 Å². The molecule has 0 fully saturated rings. The Hall–Kier alpha value is -1.07. The highest BCUT2D eigenvalue weighted by Gasteiger charge is 2.36. The summed E-state index contributed by atoms with van der Waals surface area (Å²) in [6.45, 7) is 6.52. The molecule has 1 aromatic carbocycles. The molecule has 108 valence electrons. The van der Waals surface area contributed by atoms with E-state index in [9.17, 15) is 13.2 Å². The maximum atomic E-state index is 13.0. The van der Waals surface area contributed by atoms with Gasteiger partial charge in [0, 0.05) is 6.61 Å². The third kappa shape index (κ3) is 4.21. The summed E-state index contributed by atoms with van der Waals surface area (Å²) in [5, 5.41) is 3.07. The summed E-state index contributed by atoms with van der Waals surface area (Å²) in [5.74, 6) is 0. The molecule has 2 nitrogen and oxygen atoms in total. The molecule has 0 saturated heterocycles. The van der Waals surface area contributed by atoms with E-state index in [1.807, 2.05) is 13.8 Å². The average Bonchev–Trinajstić information content (AvgIpc) is 2.35. The molecule has 1 aromatic rings. The van der Waals surface area contributed by atoms with E-state index in [0.29, 0.717) is 13.2 Å². The summed E-state index contributed by atoms with van der Waals surface area (Å²) in [6, 6.07) is 5.17. The first-order valence-corrected chi connectivity index (χ1v) is 6.42. The van der Waals surface area contributed by atoms with Crippen molar-refractivity contribution in [3.8, 4) is 0 Å². The predicted molar refractivity (Wildman–Crippen MR) is 68.9 cm³/mol. The summed E-state index contributed by atoms with van der Waals surface area (Å²) in [7, 11) is 0. The lowest BCUT2D eigenvalue weighted by atomic mass is 9.96. The van der Waals surface area contributed by atoms with Crippen molar-refractivity contribution < 1.29 is 17.9 Å². The summed E-state index contributed by atoms with van der Waals surface area (Å²) >= 11 is 0. The van der Waals surface area contributed by atoms with Gasteiger partial charge in [0.15, 0.2) is 0 Å². The van der Waals surface area contributed by atoms with Gasteiger partial charge in [-0.15, -0.1) is 0 Å². The van der Waals surface area contributed by atoms with Crippen LogP contribution < -0.4 is 5.32 Å². The van der Waals surface area contributed by atoms with E-state index in [2.05, 4.69) is 5.32 Å². The van der Waals surface area contributed by atoms with E-state index >= 15 is 0 Å². The van der Waals surface area contributed by atoms with Gasteiger partial charge in [0.05, 0.1) is 17.7 Å². The second kappa shape index (κ2) is 6.91. The van der Waals surface area contributed by atoms with Crippen molar-refractivity contribution in [2.75, 3.05) is 13.2 Å². The molecule has 0 aliphatic carbocycles. The number of nitrogens with one attached hydrogen (secondary N) is 1. The topological polar surface area (TPSA) is 21.3 Å². The summed E-state index contributed by atoms with van der Waals surface area (Å²) in [5.41, 5.74) is -0.370. The molecular weight excluding hydrogens is 255 g/mol. The van der Waals surface area contributed by atoms with Crippen LogP contribution in [0.5, 0.6) is 0 Å². The van der Waals surface area contributed by atoms with Crippen LogP contribution in [-0.4, -0.2) is 19.3 Å². The average molecular weight is 275 g/mol. The molecule has 0 amide bonds. The second-order valence-corrected chi connectivity index (χ2v) is 4.28. The van der Waals surface area contributed by atoms with Gasteiger partial charge in [0.1, 0.15) is 0 Å². The van der Waals surface area contributed by atoms with E-state index in [0.717, 1.165) is 6.07 Å². The lowest BCUT2D eigenvalue weighted by Gasteiger charge is -2.27.